The predicted octanol–water partition coefficient (Wildman–Crippen LogP) is 0.130. The Bertz CT molecular complexity index is 264. The lowest BCUT2D eigenvalue weighted by atomic mass is 9.96. The Balaban J connectivity index is 4.38. The molecule has 0 saturated carbocycles. The average Bonchev–Trinajstić information content (AvgIpc) is 2.12. The zero-order valence-corrected chi connectivity index (χ0v) is 10.5. The molecule has 0 saturated heterocycles. The van der Waals surface area contributed by atoms with Crippen molar-refractivity contribution in [2.75, 3.05) is 0 Å². The number of hydrogen-bond acceptors (Lipinski definition) is 3. The van der Waals surface area contributed by atoms with Gasteiger partial charge in [0.1, 0.15) is 0 Å². The van der Waals surface area contributed by atoms with Crippen LogP contribution in [-0.2, 0) is 9.59 Å². The summed E-state index contributed by atoms with van der Waals surface area (Å²) >= 11 is 0. The van der Waals surface area contributed by atoms with Crippen molar-refractivity contribution in [2.24, 2.45) is 17.4 Å². The molecule has 0 aliphatic heterocycles. The minimum Gasteiger partial charge on any atom is -0.370 e. The monoisotopic (exact) mass is 229 g/mol. The summed E-state index contributed by atoms with van der Waals surface area (Å²) in [6, 6.07) is -0.544. The molecule has 0 radical (unpaired) electrons. The molecular weight excluding hydrogens is 206 g/mol. The van der Waals surface area contributed by atoms with E-state index < -0.39 is 17.5 Å². The molecule has 5 N–H and O–H groups in total. The Morgan fingerprint density at radius 2 is 1.88 bits per heavy atom. The van der Waals surface area contributed by atoms with Gasteiger partial charge in [-0.3, -0.25) is 9.59 Å². The second-order valence-corrected chi connectivity index (χ2v) is 4.93. The summed E-state index contributed by atoms with van der Waals surface area (Å²) in [5.74, 6) is -0.563. The van der Waals surface area contributed by atoms with Gasteiger partial charge in [0.05, 0.1) is 6.04 Å². The Morgan fingerprint density at radius 1 is 1.38 bits per heavy atom. The van der Waals surface area contributed by atoms with Gasteiger partial charge in [0.2, 0.25) is 11.8 Å². The number of carbonyl (C=O) groups is 2. The molecule has 0 rings (SSSR count). The Morgan fingerprint density at radius 3 is 2.25 bits per heavy atom. The molecule has 0 spiro atoms. The molecule has 0 bridgehead atoms. The van der Waals surface area contributed by atoms with Gasteiger partial charge in [0.15, 0.2) is 0 Å². The van der Waals surface area contributed by atoms with Gasteiger partial charge >= 0.3 is 0 Å². The lowest BCUT2D eigenvalue weighted by molar-refractivity contribution is -0.126. The molecule has 0 aromatic carbocycles. The highest BCUT2D eigenvalue weighted by Crippen LogP contribution is 2.10. The zero-order valence-electron chi connectivity index (χ0n) is 10.5. The third kappa shape index (κ3) is 5.11. The molecular formula is C11H23N3O2. The maximum absolute atomic E-state index is 11.8. The third-order valence-electron chi connectivity index (χ3n) is 2.64. The minimum atomic E-state index is -0.645. The second kappa shape index (κ2) is 5.84. The Labute approximate surface area is 96.9 Å². The van der Waals surface area contributed by atoms with Crippen molar-refractivity contribution >= 4 is 11.8 Å². The summed E-state index contributed by atoms with van der Waals surface area (Å²) in [4.78, 5) is 22.5. The van der Waals surface area contributed by atoms with Crippen molar-refractivity contribution in [1.82, 2.24) is 5.32 Å². The number of nitrogens with one attached hydrogen (secondary N) is 1. The molecule has 5 nitrogen and oxygen atoms in total. The SMILES string of the molecule is CCC(C)C(N)C(=O)NC(C)(C)CC(N)=O. The van der Waals surface area contributed by atoms with Crippen LogP contribution in [0.4, 0.5) is 0 Å². The van der Waals surface area contributed by atoms with Gasteiger partial charge in [0, 0.05) is 12.0 Å². The first-order valence-electron chi connectivity index (χ1n) is 5.55. The summed E-state index contributed by atoms with van der Waals surface area (Å²) < 4.78 is 0. The number of carbonyl (C=O) groups excluding carboxylic acids is 2. The van der Waals surface area contributed by atoms with Crippen molar-refractivity contribution in [3.05, 3.63) is 0 Å². The highest BCUT2D eigenvalue weighted by Gasteiger charge is 2.27. The Hall–Kier alpha value is -1.10. The molecule has 2 unspecified atom stereocenters. The summed E-state index contributed by atoms with van der Waals surface area (Å²) in [7, 11) is 0. The van der Waals surface area contributed by atoms with Crippen LogP contribution in [-0.4, -0.2) is 23.4 Å². The van der Waals surface area contributed by atoms with Crippen LogP contribution in [0, 0.1) is 5.92 Å². The van der Waals surface area contributed by atoms with E-state index in [-0.39, 0.29) is 18.2 Å². The molecule has 0 aliphatic carbocycles. The van der Waals surface area contributed by atoms with Gasteiger partial charge in [-0.25, -0.2) is 0 Å². The molecule has 0 heterocycles. The molecule has 2 atom stereocenters. The number of rotatable bonds is 6. The Kier molecular flexibility index (Phi) is 5.44. The van der Waals surface area contributed by atoms with Crippen molar-refractivity contribution < 1.29 is 9.59 Å². The second-order valence-electron chi connectivity index (χ2n) is 4.93. The fourth-order valence-electron chi connectivity index (χ4n) is 1.41. The number of primary amides is 1. The maximum atomic E-state index is 11.8. The van der Waals surface area contributed by atoms with E-state index in [4.69, 9.17) is 11.5 Å². The fraction of sp³-hybridized carbons (Fsp3) is 0.818. The minimum absolute atomic E-state index is 0.103. The van der Waals surface area contributed by atoms with E-state index in [1.54, 1.807) is 13.8 Å². The van der Waals surface area contributed by atoms with Gasteiger partial charge in [-0.2, -0.15) is 0 Å². The highest BCUT2D eigenvalue weighted by atomic mass is 16.2. The topological polar surface area (TPSA) is 98.2 Å². The normalized spacial score (nSPS) is 15.3. The van der Waals surface area contributed by atoms with Crippen LogP contribution in [0.25, 0.3) is 0 Å². The van der Waals surface area contributed by atoms with E-state index in [2.05, 4.69) is 5.32 Å². The van der Waals surface area contributed by atoms with Crippen LogP contribution < -0.4 is 16.8 Å². The van der Waals surface area contributed by atoms with E-state index in [0.717, 1.165) is 6.42 Å². The van der Waals surface area contributed by atoms with Gasteiger partial charge in [-0.15, -0.1) is 0 Å². The summed E-state index contributed by atoms with van der Waals surface area (Å²) in [5, 5.41) is 2.74. The zero-order chi connectivity index (χ0) is 12.9. The van der Waals surface area contributed by atoms with E-state index in [1.165, 1.54) is 0 Å². The van der Waals surface area contributed by atoms with Gasteiger partial charge in [-0.05, 0) is 19.8 Å². The number of hydrogen-bond donors (Lipinski definition) is 3. The van der Waals surface area contributed by atoms with Crippen LogP contribution in [0.15, 0.2) is 0 Å². The van der Waals surface area contributed by atoms with Crippen molar-refractivity contribution in [3.8, 4) is 0 Å². The standard InChI is InChI=1S/C11H23N3O2/c1-5-7(2)9(13)10(16)14-11(3,4)6-8(12)15/h7,9H,5-6,13H2,1-4H3,(H2,12,15)(H,14,16). The third-order valence-corrected chi connectivity index (χ3v) is 2.64. The van der Waals surface area contributed by atoms with E-state index in [1.807, 2.05) is 13.8 Å². The average molecular weight is 229 g/mol. The smallest absolute Gasteiger partial charge is 0.237 e. The van der Waals surface area contributed by atoms with Crippen molar-refractivity contribution in [2.45, 2.75) is 52.1 Å². The first kappa shape index (κ1) is 14.9. The summed E-state index contributed by atoms with van der Waals surface area (Å²) in [6.07, 6.45) is 0.941. The lowest BCUT2D eigenvalue weighted by Crippen LogP contribution is -2.53. The summed E-state index contributed by atoms with van der Waals surface area (Å²) in [6.45, 7) is 7.40. The molecule has 16 heavy (non-hydrogen) atoms. The first-order chi connectivity index (χ1) is 7.19. The lowest BCUT2D eigenvalue weighted by Gasteiger charge is -2.28. The van der Waals surface area contributed by atoms with Crippen LogP contribution in [0.5, 0.6) is 0 Å². The largest absolute Gasteiger partial charge is 0.370 e. The number of amides is 2. The molecule has 0 aliphatic rings. The van der Waals surface area contributed by atoms with Gasteiger partial charge in [-0.1, -0.05) is 20.3 Å². The van der Waals surface area contributed by atoms with Crippen molar-refractivity contribution in [3.63, 3.8) is 0 Å². The molecule has 5 heteroatoms. The summed E-state index contributed by atoms with van der Waals surface area (Å²) in [5.41, 5.74) is 10.2. The van der Waals surface area contributed by atoms with E-state index in [9.17, 15) is 9.59 Å². The molecule has 0 fully saturated rings. The molecule has 0 aromatic rings. The predicted molar refractivity (Wildman–Crippen MR) is 63.5 cm³/mol. The molecule has 94 valence electrons. The fourth-order valence-corrected chi connectivity index (χ4v) is 1.41. The quantitative estimate of drug-likeness (QED) is 0.603. The van der Waals surface area contributed by atoms with Crippen LogP contribution >= 0.6 is 0 Å². The number of nitrogens with two attached hydrogens (primary N) is 2. The van der Waals surface area contributed by atoms with Gasteiger partial charge in [0.25, 0.3) is 0 Å². The first-order valence-corrected chi connectivity index (χ1v) is 5.55. The molecule has 2 amide bonds. The van der Waals surface area contributed by atoms with Crippen LogP contribution in [0.3, 0.4) is 0 Å². The van der Waals surface area contributed by atoms with Crippen LogP contribution in [0.1, 0.15) is 40.5 Å². The van der Waals surface area contributed by atoms with Crippen LogP contribution in [0.2, 0.25) is 0 Å². The van der Waals surface area contributed by atoms with E-state index in [0.29, 0.717) is 0 Å². The van der Waals surface area contributed by atoms with Crippen molar-refractivity contribution in [1.29, 1.82) is 0 Å². The van der Waals surface area contributed by atoms with Gasteiger partial charge < -0.3 is 16.8 Å². The molecule has 0 aromatic heterocycles. The highest BCUT2D eigenvalue weighted by molar-refractivity contribution is 5.83. The van der Waals surface area contributed by atoms with E-state index >= 15 is 0 Å². The maximum Gasteiger partial charge on any atom is 0.237 e.